The molecule has 0 spiro atoms. The third-order valence-corrected chi connectivity index (χ3v) is 1.45. The van der Waals surface area contributed by atoms with Gasteiger partial charge < -0.3 is 22.5 Å². The number of aliphatic hydroxyl groups excluding tert-OH is 1. The van der Waals surface area contributed by atoms with Crippen LogP contribution in [0.3, 0.4) is 0 Å². The molecule has 0 aromatic carbocycles. The van der Waals surface area contributed by atoms with E-state index >= 15 is 0 Å². The quantitative estimate of drug-likeness (QED) is 0.438. The van der Waals surface area contributed by atoms with Gasteiger partial charge in [-0.3, -0.25) is 0 Å². The molecule has 2 atom stereocenters. The van der Waals surface area contributed by atoms with Gasteiger partial charge in [0.25, 0.3) is 0 Å². The zero-order valence-electron chi connectivity index (χ0n) is 4.13. The van der Waals surface area contributed by atoms with Crippen molar-refractivity contribution in [1.29, 1.82) is 0 Å². The molecule has 0 radical (unpaired) electrons. The van der Waals surface area contributed by atoms with Gasteiger partial charge >= 0.3 is 22.4 Å². The Morgan fingerprint density at radius 3 is 2.25 bits per heavy atom. The number of hydrogen-bond donors (Lipinski definition) is 1. The Hall–Kier alpha value is 1.01. The smallest absolute Gasteiger partial charge is 0.784 e. The van der Waals surface area contributed by atoms with Gasteiger partial charge in [0.05, 0.1) is 12.7 Å². The van der Waals surface area contributed by atoms with Crippen LogP contribution in [0.25, 0.3) is 0 Å². The summed E-state index contributed by atoms with van der Waals surface area (Å²) < 4.78 is 4.81. The molecule has 4 heteroatoms. The Kier molecular flexibility index (Phi) is 4.42. The Labute approximate surface area is 69.5 Å². The summed E-state index contributed by atoms with van der Waals surface area (Å²) in [6, 6.07) is 0. The maximum absolute atomic E-state index is 8.77. The van der Waals surface area contributed by atoms with Crippen LogP contribution in [0.4, 0.5) is 0 Å². The van der Waals surface area contributed by atoms with Crippen LogP contribution in [0, 0.1) is 0 Å². The first kappa shape index (κ1) is 9.01. The Morgan fingerprint density at radius 2 is 2.12 bits per heavy atom. The van der Waals surface area contributed by atoms with E-state index in [1.165, 1.54) is 0 Å². The molecule has 2 unspecified atom stereocenters. The predicted octanol–water partition coefficient (Wildman–Crippen LogP) is -0.710. The van der Waals surface area contributed by atoms with Gasteiger partial charge in [-0.05, 0) is 0 Å². The van der Waals surface area contributed by atoms with E-state index in [4.69, 9.17) is 22.5 Å². The Bertz CT molecular complexity index is 63.1. The van der Waals surface area contributed by atoms with Gasteiger partial charge in [-0.2, -0.15) is 0 Å². The van der Waals surface area contributed by atoms with Crippen molar-refractivity contribution in [1.82, 2.24) is 0 Å². The summed E-state index contributed by atoms with van der Waals surface area (Å²) in [5.41, 5.74) is 0. The minimum absolute atomic E-state index is 0. The molecule has 1 aliphatic heterocycles. The second-order valence-electron chi connectivity index (χ2n) is 1.64. The largest absolute Gasteiger partial charge is 1.00 e. The predicted molar refractivity (Wildman–Crippen MR) is 28.0 cm³/mol. The number of aliphatic hydroxyl groups is 1. The molecule has 52 valence electrons. The number of ether oxygens (including phenoxy) is 1. The maximum Gasteiger partial charge on any atom is 1.00 e. The molecule has 1 aliphatic rings. The molecule has 1 N–H and O–H groups in total. The van der Waals surface area contributed by atoms with Gasteiger partial charge in [-0.1, -0.05) is 0 Å². The van der Waals surface area contributed by atoms with E-state index in [1.54, 1.807) is 0 Å². The number of rotatable bonds is 0. The van der Waals surface area contributed by atoms with Crippen molar-refractivity contribution in [2.45, 2.75) is 11.4 Å². The molecular weight excluding hydrogens is 220 g/mol. The first-order valence-electron chi connectivity index (χ1n) is 2.22. The molecule has 8 heavy (non-hydrogen) atoms. The van der Waals surface area contributed by atoms with Crippen molar-refractivity contribution in [3.8, 4) is 0 Å². The van der Waals surface area contributed by atoms with Gasteiger partial charge in [0.2, 0.25) is 0 Å². The molecule has 0 saturated carbocycles. The van der Waals surface area contributed by atoms with E-state index < -0.39 is 6.10 Å². The standard InChI is InChI=1S/C4H8O2S.Ag/c5-3-1-6-2-4(3)7;/h3-5,7H,1-2H2;/q;+1/p-1. The molecule has 0 aliphatic carbocycles. The van der Waals surface area contributed by atoms with Crippen LogP contribution in [0.2, 0.25) is 0 Å². The van der Waals surface area contributed by atoms with Crippen LogP contribution in [-0.2, 0) is 39.7 Å². The third kappa shape index (κ3) is 2.09. The average Bonchev–Trinajstić information content (AvgIpc) is 1.91. The first-order valence-corrected chi connectivity index (χ1v) is 2.69. The van der Waals surface area contributed by atoms with Crippen molar-refractivity contribution in [3.05, 3.63) is 0 Å². The summed E-state index contributed by atoms with van der Waals surface area (Å²) in [7, 11) is 0. The van der Waals surface area contributed by atoms with Crippen LogP contribution >= 0.6 is 0 Å². The van der Waals surface area contributed by atoms with E-state index in [-0.39, 0.29) is 27.6 Å². The van der Waals surface area contributed by atoms with Crippen molar-refractivity contribution >= 4 is 12.6 Å². The zero-order chi connectivity index (χ0) is 5.28. The molecule has 0 amide bonds. The fourth-order valence-electron chi connectivity index (χ4n) is 0.523. The van der Waals surface area contributed by atoms with Crippen molar-refractivity contribution in [2.75, 3.05) is 13.2 Å². The van der Waals surface area contributed by atoms with Crippen LogP contribution in [0.15, 0.2) is 0 Å². The Balaban J connectivity index is 0.000000490. The summed E-state index contributed by atoms with van der Waals surface area (Å²) in [6.45, 7) is 0.963. The molecule has 1 saturated heterocycles. The van der Waals surface area contributed by atoms with Gasteiger partial charge in [-0.15, -0.1) is 5.25 Å². The van der Waals surface area contributed by atoms with E-state index in [2.05, 4.69) is 0 Å². The normalized spacial score (nSPS) is 36.8. The van der Waals surface area contributed by atoms with Crippen molar-refractivity contribution < 1.29 is 32.2 Å². The molecule has 0 bridgehead atoms. The molecule has 1 rings (SSSR count). The second-order valence-corrected chi connectivity index (χ2v) is 2.25. The van der Waals surface area contributed by atoms with Gasteiger partial charge in [0.1, 0.15) is 0 Å². The van der Waals surface area contributed by atoms with E-state index in [0.717, 1.165) is 0 Å². The fourth-order valence-corrected chi connectivity index (χ4v) is 0.698. The van der Waals surface area contributed by atoms with Crippen LogP contribution in [0.5, 0.6) is 0 Å². The van der Waals surface area contributed by atoms with Gasteiger partial charge in [0.15, 0.2) is 0 Å². The van der Waals surface area contributed by atoms with Gasteiger partial charge in [-0.25, -0.2) is 0 Å². The van der Waals surface area contributed by atoms with Crippen molar-refractivity contribution in [3.63, 3.8) is 0 Å². The van der Waals surface area contributed by atoms with Crippen LogP contribution < -0.4 is 0 Å². The summed E-state index contributed by atoms with van der Waals surface area (Å²) >= 11 is 4.75. The SMILES string of the molecule is OC1COCC1[S-].[Ag+]. The van der Waals surface area contributed by atoms with E-state index in [1.807, 2.05) is 0 Å². The number of hydrogen-bond acceptors (Lipinski definition) is 3. The van der Waals surface area contributed by atoms with Gasteiger partial charge in [0, 0.05) is 6.61 Å². The molecular formula is C4H7AgO2S. The topological polar surface area (TPSA) is 29.5 Å². The molecule has 1 heterocycles. The van der Waals surface area contributed by atoms with E-state index in [9.17, 15) is 0 Å². The monoisotopic (exact) mass is 226 g/mol. The molecule has 2 nitrogen and oxygen atoms in total. The zero-order valence-corrected chi connectivity index (χ0v) is 6.43. The summed E-state index contributed by atoms with van der Waals surface area (Å²) in [6.07, 6.45) is -0.394. The van der Waals surface area contributed by atoms with Crippen LogP contribution in [0.1, 0.15) is 0 Å². The van der Waals surface area contributed by atoms with Crippen molar-refractivity contribution in [2.24, 2.45) is 0 Å². The third-order valence-electron chi connectivity index (χ3n) is 1.000. The minimum atomic E-state index is -0.394. The summed E-state index contributed by atoms with van der Waals surface area (Å²) in [5.74, 6) is 0. The molecule has 1 fully saturated rings. The summed E-state index contributed by atoms with van der Waals surface area (Å²) in [5, 5.41) is 8.70. The fraction of sp³-hybridized carbons (Fsp3) is 1.00. The second kappa shape index (κ2) is 3.93. The Morgan fingerprint density at radius 1 is 1.50 bits per heavy atom. The van der Waals surface area contributed by atoms with Crippen LogP contribution in [-0.4, -0.2) is 29.7 Å². The minimum Gasteiger partial charge on any atom is -0.784 e. The van der Waals surface area contributed by atoms with E-state index in [0.29, 0.717) is 13.2 Å². The molecule has 0 aromatic heterocycles. The maximum atomic E-state index is 8.77. The summed E-state index contributed by atoms with van der Waals surface area (Å²) in [4.78, 5) is 0. The molecule has 0 aromatic rings. The average molecular weight is 227 g/mol. The first-order chi connectivity index (χ1) is 3.30.